The number of carbonyl (C=O) groups excluding carboxylic acids is 1. The molecule has 2 aromatic carbocycles. The summed E-state index contributed by atoms with van der Waals surface area (Å²) in [7, 11) is 2.11. The van der Waals surface area contributed by atoms with Crippen molar-refractivity contribution in [3.05, 3.63) is 58.1 Å². The molecule has 4 heteroatoms. The number of methoxy groups -OCH3 is 1. The number of hydrogen-bond acceptors (Lipinski definition) is 3. The molecular weight excluding hydrogens is 367 g/mol. The van der Waals surface area contributed by atoms with Gasteiger partial charge >= 0.3 is 0 Å². The smallest absolute Gasteiger partial charge is 0.188 e. The molecule has 28 heavy (non-hydrogen) atoms. The summed E-state index contributed by atoms with van der Waals surface area (Å²) in [6.07, 6.45) is 2.07. The minimum absolute atomic E-state index is 0.117. The van der Waals surface area contributed by atoms with Gasteiger partial charge in [-0.25, -0.2) is 0 Å². The van der Waals surface area contributed by atoms with E-state index in [-0.39, 0.29) is 17.7 Å². The third-order valence-corrected chi connectivity index (χ3v) is 6.83. The summed E-state index contributed by atoms with van der Waals surface area (Å²) in [5, 5.41) is 1.01. The van der Waals surface area contributed by atoms with Gasteiger partial charge in [-0.15, -0.1) is 0 Å². The Morgan fingerprint density at radius 3 is 2.43 bits per heavy atom. The zero-order valence-corrected chi connectivity index (χ0v) is 19.2. The maximum atomic E-state index is 12.3. The molecule has 0 spiro atoms. The third-order valence-electron chi connectivity index (χ3n) is 5.05. The van der Waals surface area contributed by atoms with Crippen molar-refractivity contribution in [1.29, 1.82) is 0 Å². The lowest BCUT2D eigenvalue weighted by atomic mass is 9.91. The molecule has 0 heterocycles. The van der Waals surface area contributed by atoms with Crippen LogP contribution in [-0.4, -0.2) is 19.7 Å². The van der Waals surface area contributed by atoms with Gasteiger partial charge < -0.3 is 9.47 Å². The molecule has 0 fully saturated rings. The Bertz CT molecular complexity index is 844. The number of ether oxygens (including phenoxy) is 2. The van der Waals surface area contributed by atoms with Crippen molar-refractivity contribution in [3.8, 4) is 5.75 Å². The number of aryl methyl sites for hydroxylation is 3. The van der Waals surface area contributed by atoms with Crippen LogP contribution in [0.1, 0.15) is 66.2 Å². The molecule has 2 unspecified atom stereocenters. The summed E-state index contributed by atoms with van der Waals surface area (Å²) < 4.78 is 11.2. The Balaban J connectivity index is 2.60. The van der Waals surface area contributed by atoms with Crippen molar-refractivity contribution in [3.63, 3.8) is 0 Å². The zero-order chi connectivity index (χ0) is 20.9. The fraction of sp³-hybridized carbons (Fsp3) is 0.458. The first kappa shape index (κ1) is 22.6. The molecule has 0 aliphatic rings. The standard InChI is InChI=1S/C24H33O3P/c1-8-11-24(6,28-22-10-9-16(2)13-20(22)19(5)25)21-14-17(3)12-18(4)23(21)27-15-26-7/h9-10,12-14,28H,8,11,15H2,1-7H3. The molecule has 2 rings (SSSR count). The summed E-state index contributed by atoms with van der Waals surface area (Å²) >= 11 is 0. The lowest BCUT2D eigenvalue weighted by Crippen LogP contribution is -2.23. The summed E-state index contributed by atoms with van der Waals surface area (Å²) in [4.78, 5) is 12.3. The molecule has 2 atom stereocenters. The van der Waals surface area contributed by atoms with Crippen LogP contribution < -0.4 is 10.0 Å². The average Bonchev–Trinajstić information content (AvgIpc) is 2.62. The first-order valence-electron chi connectivity index (χ1n) is 9.85. The summed E-state index contributed by atoms with van der Waals surface area (Å²) in [5.74, 6) is 1.04. The number of hydrogen-bond donors (Lipinski definition) is 0. The van der Waals surface area contributed by atoms with Gasteiger partial charge in [0.1, 0.15) is 5.75 Å². The van der Waals surface area contributed by atoms with Crippen molar-refractivity contribution in [2.24, 2.45) is 0 Å². The van der Waals surface area contributed by atoms with E-state index < -0.39 is 0 Å². The van der Waals surface area contributed by atoms with Crippen molar-refractivity contribution in [2.45, 2.75) is 59.5 Å². The van der Waals surface area contributed by atoms with E-state index in [4.69, 9.17) is 9.47 Å². The highest BCUT2D eigenvalue weighted by molar-refractivity contribution is 7.48. The number of ketones is 1. The number of Topliss-reactive ketones (excluding diaryl/α,β-unsaturated/α-hetero) is 1. The van der Waals surface area contributed by atoms with Gasteiger partial charge in [0.25, 0.3) is 0 Å². The Morgan fingerprint density at radius 1 is 1.11 bits per heavy atom. The highest BCUT2D eigenvalue weighted by Gasteiger charge is 2.32. The highest BCUT2D eigenvalue weighted by Crippen LogP contribution is 2.49. The molecule has 0 saturated carbocycles. The quantitative estimate of drug-likeness (QED) is 0.302. The van der Waals surface area contributed by atoms with E-state index >= 15 is 0 Å². The second kappa shape index (κ2) is 9.67. The van der Waals surface area contributed by atoms with Crippen molar-refractivity contribution < 1.29 is 14.3 Å². The first-order valence-corrected chi connectivity index (χ1v) is 10.8. The molecule has 0 saturated heterocycles. The molecule has 0 aromatic heterocycles. The van der Waals surface area contributed by atoms with E-state index in [1.807, 2.05) is 13.0 Å². The topological polar surface area (TPSA) is 35.5 Å². The van der Waals surface area contributed by atoms with Crippen LogP contribution in [0.15, 0.2) is 30.3 Å². The molecular formula is C24H33O3P. The van der Waals surface area contributed by atoms with Crippen LogP contribution in [0.5, 0.6) is 5.75 Å². The highest BCUT2D eigenvalue weighted by atomic mass is 31.1. The van der Waals surface area contributed by atoms with Gasteiger partial charge in [0.2, 0.25) is 0 Å². The maximum Gasteiger partial charge on any atom is 0.188 e. The van der Waals surface area contributed by atoms with Crippen molar-refractivity contribution >= 4 is 19.7 Å². The Hall–Kier alpha value is -1.70. The lowest BCUT2D eigenvalue weighted by molar-refractivity contribution is 0.0495. The summed E-state index contributed by atoms with van der Waals surface area (Å²) in [6, 6.07) is 10.6. The van der Waals surface area contributed by atoms with Gasteiger partial charge in [0.15, 0.2) is 12.6 Å². The lowest BCUT2D eigenvalue weighted by Gasteiger charge is -2.33. The molecule has 3 nitrogen and oxygen atoms in total. The zero-order valence-electron chi connectivity index (χ0n) is 18.2. The van der Waals surface area contributed by atoms with E-state index in [1.165, 1.54) is 11.1 Å². The van der Waals surface area contributed by atoms with Crippen molar-refractivity contribution in [2.75, 3.05) is 13.9 Å². The maximum absolute atomic E-state index is 12.3. The average molecular weight is 400 g/mol. The van der Waals surface area contributed by atoms with Gasteiger partial charge in [0, 0.05) is 23.4 Å². The Labute approximate surface area is 171 Å². The van der Waals surface area contributed by atoms with Crippen LogP contribution in [0.4, 0.5) is 0 Å². The van der Waals surface area contributed by atoms with Crippen molar-refractivity contribution in [1.82, 2.24) is 0 Å². The van der Waals surface area contributed by atoms with Gasteiger partial charge in [-0.3, -0.25) is 4.79 Å². The largest absolute Gasteiger partial charge is 0.467 e. The van der Waals surface area contributed by atoms with Gasteiger partial charge in [-0.2, -0.15) is 0 Å². The SMILES string of the molecule is CCCC(C)(Pc1ccc(C)cc1C(C)=O)c1cc(C)cc(C)c1OCOC. The fourth-order valence-corrected chi connectivity index (χ4v) is 5.63. The monoisotopic (exact) mass is 400 g/mol. The molecule has 0 aliphatic heterocycles. The van der Waals surface area contributed by atoms with Crippen LogP contribution >= 0.6 is 8.58 Å². The van der Waals surface area contributed by atoms with Crippen LogP contribution in [-0.2, 0) is 9.89 Å². The Morgan fingerprint density at radius 2 is 1.82 bits per heavy atom. The number of benzene rings is 2. The normalized spacial score (nSPS) is 13.7. The van der Waals surface area contributed by atoms with E-state index in [1.54, 1.807) is 14.0 Å². The number of carbonyl (C=O) groups is 1. The number of rotatable bonds is 9. The van der Waals surface area contributed by atoms with Crippen LogP contribution in [0, 0.1) is 20.8 Å². The fourth-order valence-electron chi connectivity index (χ4n) is 3.79. The predicted octanol–water partition coefficient (Wildman–Crippen LogP) is 5.82. The van der Waals surface area contributed by atoms with E-state index in [0.29, 0.717) is 8.58 Å². The second-order valence-electron chi connectivity index (χ2n) is 7.82. The molecule has 152 valence electrons. The van der Waals surface area contributed by atoms with E-state index in [0.717, 1.165) is 40.6 Å². The second-order valence-corrected chi connectivity index (χ2v) is 9.71. The van der Waals surface area contributed by atoms with Crippen LogP contribution in [0.2, 0.25) is 0 Å². The molecule has 0 radical (unpaired) electrons. The van der Waals surface area contributed by atoms with Gasteiger partial charge in [-0.1, -0.05) is 64.2 Å². The van der Waals surface area contributed by atoms with Crippen LogP contribution in [0.25, 0.3) is 0 Å². The van der Waals surface area contributed by atoms with Crippen LogP contribution in [0.3, 0.4) is 0 Å². The summed E-state index contributed by atoms with van der Waals surface area (Å²) in [6.45, 7) is 12.6. The summed E-state index contributed by atoms with van der Waals surface area (Å²) in [5.41, 5.74) is 5.50. The first-order chi connectivity index (χ1) is 13.2. The van der Waals surface area contributed by atoms with Gasteiger partial charge in [-0.05, 0) is 51.1 Å². The minimum Gasteiger partial charge on any atom is -0.467 e. The molecule has 0 amide bonds. The van der Waals surface area contributed by atoms with E-state index in [2.05, 4.69) is 52.0 Å². The van der Waals surface area contributed by atoms with E-state index in [9.17, 15) is 4.79 Å². The molecule has 0 bridgehead atoms. The minimum atomic E-state index is -0.117. The molecule has 2 aromatic rings. The predicted molar refractivity (Wildman–Crippen MR) is 120 cm³/mol. The molecule has 0 N–H and O–H groups in total. The Kier molecular flexibility index (Phi) is 7.80. The molecule has 0 aliphatic carbocycles. The third kappa shape index (κ3) is 5.21. The van der Waals surface area contributed by atoms with Gasteiger partial charge in [0.05, 0.1) is 0 Å².